The molecule has 14 heavy (non-hydrogen) atoms. The molecule has 0 aliphatic carbocycles. The molecule has 1 atom stereocenters. The van der Waals surface area contributed by atoms with Crippen LogP contribution in [0.4, 0.5) is 0 Å². The number of carbonyl (C=O) groups is 1. The largest absolute Gasteiger partial charge is 0.477 e. The molecular formula is C10H14N2O2. The molecule has 1 saturated heterocycles. The van der Waals surface area contributed by atoms with Crippen LogP contribution < -0.4 is 0 Å². The molecule has 0 bridgehead atoms. The van der Waals surface area contributed by atoms with Crippen LogP contribution in [-0.2, 0) is 0 Å². The smallest absolute Gasteiger partial charge is 0.352 e. The molecular weight excluding hydrogens is 180 g/mol. The van der Waals surface area contributed by atoms with Crippen LogP contribution in [0.5, 0.6) is 0 Å². The molecule has 4 nitrogen and oxygen atoms in total. The van der Waals surface area contributed by atoms with Gasteiger partial charge in [-0.25, -0.2) is 4.79 Å². The third-order valence-corrected chi connectivity index (χ3v) is 2.76. The summed E-state index contributed by atoms with van der Waals surface area (Å²) in [5.74, 6) is -0.843. The topological polar surface area (TPSA) is 45.5 Å². The minimum atomic E-state index is -0.843. The van der Waals surface area contributed by atoms with E-state index >= 15 is 0 Å². The van der Waals surface area contributed by atoms with Crippen LogP contribution in [0, 0.1) is 0 Å². The summed E-state index contributed by atoms with van der Waals surface area (Å²) in [5, 5.41) is 8.95. The van der Waals surface area contributed by atoms with E-state index in [-0.39, 0.29) is 0 Å². The normalized spacial score (nSPS) is 22.8. The van der Waals surface area contributed by atoms with Gasteiger partial charge in [0.1, 0.15) is 5.69 Å². The number of aromatic carboxylic acids is 1. The molecule has 1 aliphatic rings. The summed E-state index contributed by atoms with van der Waals surface area (Å²) in [5.41, 5.74) is 0.394. The minimum Gasteiger partial charge on any atom is -0.477 e. The van der Waals surface area contributed by atoms with Crippen LogP contribution in [0.2, 0.25) is 0 Å². The molecule has 4 heteroatoms. The Morgan fingerprint density at radius 1 is 1.64 bits per heavy atom. The lowest BCUT2D eigenvalue weighted by atomic mass is 10.2. The SMILES string of the molecule is CN1CCC(n2cccc2C(=O)O)C1. The first-order chi connectivity index (χ1) is 6.68. The number of likely N-dealkylation sites (N-methyl/N-ethyl adjacent to an activating group) is 1. The van der Waals surface area contributed by atoms with Crippen molar-refractivity contribution < 1.29 is 9.90 Å². The van der Waals surface area contributed by atoms with Crippen LogP contribution in [-0.4, -0.2) is 40.7 Å². The van der Waals surface area contributed by atoms with Crippen molar-refractivity contribution in [1.29, 1.82) is 0 Å². The molecule has 0 aromatic carbocycles. The van der Waals surface area contributed by atoms with Crippen LogP contribution in [0.25, 0.3) is 0 Å². The van der Waals surface area contributed by atoms with Gasteiger partial charge in [0.15, 0.2) is 0 Å². The van der Waals surface area contributed by atoms with E-state index in [1.807, 2.05) is 10.8 Å². The highest BCUT2D eigenvalue weighted by Crippen LogP contribution is 2.22. The van der Waals surface area contributed by atoms with Gasteiger partial charge in [0.05, 0.1) is 0 Å². The number of aromatic nitrogens is 1. The maximum Gasteiger partial charge on any atom is 0.352 e. The van der Waals surface area contributed by atoms with Gasteiger partial charge in [-0.05, 0) is 32.1 Å². The first kappa shape index (κ1) is 9.27. The van der Waals surface area contributed by atoms with E-state index < -0.39 is 5.97 Å². The second-order valence-electron chi connectivity index (χ2n) is 3.81. The van der Waals surface area contributed by atoms with Gasteiger partial charge >= 0.3 is 5.97 Å². The van der Waals surface area contributed by atoms with Gasteiger partial charge in [-0.1, -0.05) is 0 Å². The zero-order valence-corrected chi connectivity index (χ0v) is 8.18. The van der Waals surface area contributed by atoms with E-state index in [9.17, 15) is 4.79 Å². The molecule has 76 valence electrons. The van der Waals surface area contributed by atoms with Gasteiger partial charge in [-0.15, -0.1) is 0 Å². The van der Waals surface area contributed by atoms with Crippen molar-refractivity contribution >= 4 is 5.97 Å². The Kier molecular flexibility index (Phi) is 2.29. The highest BCUT2D eigenvalue weighted by atomic mass is 16.4. The third-order valence-electron chi connectivity index (χ3n) is 2.76. The molecule has 1 fully saturated rings. The second-order valence-corrected chi connectivity index (χ2v) is 3.81. The Bertz CT molecular complexity index is 346. The van der Waals surface area contributed by atoms with Crippen molar-refractivity contribution in [2.75, 3.05) is 20.1 Å². The van der Waals surface area contributed by atoms with Crippen molar-refractivity contribution in [3.63, 3.8) is 0 Å². The van der Waals surface area contributed by atoms with Crippen LogP contribution in [0.15, 0.2) is 18.3 Å². The average molecular weight is 194 g/mol. The first-order valence-corrected chi connectivity index (χ1v) is 4.77. The summed E-state index contributed by atoms with van der Waals surface area (Å²) in [6.07, 6.45) is 2.89. The van der Waals surface area contributed by atoms with E-state index in [0.29, 0.717) is 11.7 Å². The predicted octanol–water partition coefficient (Wildman–Crippen LogP) is 1.06. The fraction of sp³-hybridized carbons (Fsp3) is 0.500. The van der Waals surface area contributed by atoms with Gasteiger partial charge < -0.3 is 14.6 Å². The number of carboxylic acid groups (broad SMARTS) is 1. The van der Waals surface area contributed by atoms with Crippen molar-refractivity contribution in [2.24, 2.45) is 0 Å². The zero-order valence-electron chi connectivity index (χ0n) is 8.18. The maximum atomic E-state index is 10.9. The van der Waals surface area contributed by atoms with E-state index in [1.165, 1.54) is 0 Å². The Balaban J connectivity index is 2.23. The Morgan fingerprint density at radius 2 is 2.43 bits per heavy atom. The number of carboxylic acids is 1. The van der Waals surface area contributed by atoms with Crippen LogP contribution >= 0.6 is 0 Å². The number of hydrogen-bond acceptors (Lipinski definition) is 2. The molecule has 2 heterocycles. The Morgan fingerprint density at radius 3 is 3.00 bits per heavy atom. The van der Waals surface area contributed by atoms with E-state index in [2.05, 4.69) is 11.9 Å². The van der Waals surface area contributed by atoms with E-state index in [0.717, 1.165) is 19.5 Å². The minimum absolute atomic E-state index is 0.320. The number of likely N-dealkylation sites (tertiary alicyclic amines) is 1. The lowest BCUT2D eigenvalue weighted by molar-refractivity contribution is 0.0682. The Labute approximate surface area is 82.7 Å². The quantitative estimate of drug-likeness (QED) is 0.765. The van der Waals surface area contributed by atoms with E-state index in [1.54, 1.807) is 12.1 Å². The predicted molar refractivity (Wildman–Crippen MR) is 52.5 cm³/mol. The summed E-state index contributed by atoms with van der Waals surface area (Å²) in [6.45, 7) is 1.98. The van der Waals surface area contributed by atoms with Gasteiger partial charge in [-0.2, -0.15) is 0 Å². The molecule has 0 radical (unpaired) electrons. The van der Waals surface area contributed by atoms with Gasteiger partial charge in [0, 0.05) is 18.8 Å². The second kappa shape index (κ2) is 3.46. The summed E-state index contributed by atoms with van der Waals surface area (Å²) in [6, 6.07) is 3.77. The highest BCUT2D eigenvalue weighted by Gasteiger charge is 2.23. The molecule has 1 N–H and O–H groups in total. The number of nitrogens with zero attached hydrogens (tertiary/aromatic N) is 2. The maximum absolute atomic E-state index is 10.9. The summed E-state index contributed by atoms with van der Waals surface area (Å²) >= 11 is 0. The summed E-state index contributed by atoms with van der Waals surface area (Å²) in [7, 11) is 2.06. The highest BCUT2D eigenvalue weighted by molar-refractivity contribution is 5.85. The van der Waals surface area contributed by atoms with Crippen molar-refractivity contribution in [3.8, 4) is 0 Å². The fourth-order valence-corrected chi connectivity index (χ4v) is 2.03. The van der Waals surface area contributed by atoms with Gasteiger partial charge in [0.25, 0.3) is 0 Å². The number of hydrogen-bond donors (Lipinski definition) is 1. The fourth-order valence-electron chi connectivity index (χ4n) is 2.03. The van der Waals surface area contributed by atoms with Crippen molar-refractivity contribution in [1.82, 2.24) is 9.47 Å². The van der Waals surface area contributed by atoms with Crippen molar-refractivity contribution in [3.05, 3.63) is 24.0 Å². The van der Waals surface area contributed by atoms with Gasteiger partial charge in [0.2, 0.25) is 0 Å². The lowest BCUT2D eigenvalue weighted by Gasteiger charge is -2.14. The summed E-state index contributed by atoms with van der Waals surface area (Å²) in [4.78, 5) is 13.1. The monoisotopic (exact) mass is 194 g/mol. The third kappa shape index (κ3) is 1.53. The standard InChI is InChI=1S/C10H14N2O2/c1-11-6-4-8(7-11)12-5-2-3-9(12)10(13)14/h2-3,5,8H,4,6-7H2,1H3,(H,13,14). The Hall–Kier alpha value is -1.29. The number of rotatable bonds is 2. The van der Waals surface area contributed by atoms with Crippen LogP contribution in [0.1, 0.15) is 23.0 Å². The molecule has 1 aliphatic heterocycles. The molecule has 2 rings (SSSR count). The molecule has 1 aromatic rings. The molecule has 0 saturated carbocycles. The van der Waals surface area contributed by atoms with E-state index in [4.69, 9.17) is 5.11 Å². The molecule has 1 unspecified atom stereocenters. The average Bonchev–Trinajstić information content (AvgIpc) is 2.70. The summed E-state index contributed by atoms with van der Waals surface area (Å²) < 4.78 is 1.87. The van der Waals surface area contributed by atoms with Gasteiger partial charge in [-0.3, -0.25) is 0 Å². The first-order valence-electron chi connectivity index (χ1n) is 4.77. The van der Waals surface area contributed by atoms with Crippen molar-refractivity contribution in [2.45, 2.75) is 12.5 Å². The lowest BCUT2D eigenvalue weighted by Crippen LogP contribution is -2.18. The molecule has 0 spiro atoms. The zero-order chi connectivity index (χ0) is 10.1. The molecule has 1 aromatic heterocycles. The molecule has 0 amide bonds. The van der Waals surface area contributed by atoms with Crippen LogP contribution in [0.3, 0.4) is 0 Å².